The summed E-state index contributed by atoms with van der Waals surface area (Å²) in [6.45, 7) is 6.40. The average Bonchev–Trinajstić information content (AvgIpc) is 2.28. The van der Waals surface area contributed by atoms with E-state index in [0.29, 0.717) is 12.1 Å². The predicted octanol–water partition coefficient (Wildman–Crippen LogP) is 4.38. The molecule has 1 aromatic rings. The lowest BCUT2D eigenvalue weighted by Crippen LogP contribution is -2.35. The Balaban J connectivity index is 2.50. The van der Waals surface area contributed by atoms with Gasteiger partial charge in [0, 0.05) is 20.2 Å². The van der Waals surface area contributed by atoms with E-state index in [1.807, 2.05) is 0 Å². The van der Waals surface area contributed by atoms with Crippen molar-refractivity contribution >= 4 is 19.7 Å². The van der Waals surface area contributed by atoms with E-state index in [-0.39, 0.29) is 6.42 Å². The highest BCUT2D eigenvalue weighted by Gasteiger charge is 2.38. The Morgan fingerprint density at radius 3 is 2.32 bits per heavy atom. The zero-order valence-corrected chi connectivity index (χ0v) is 12.7. The molecule has 1 amide bonds. The van der Waals surface area contributed by atoms with E-state index in [2.05, 4.69) is 25.0 Å². The third-order valence-electron chi connectivity index (χ3n) is 2.78. The first-order valence-electron chi connectivity index (χ1n) is 6.45. The maximum absolute atomic E-state index is 13.7. The van der Waals surface area contributed by atoms with Crippen LogP contribution < -0.4 is 5.32 Å². The normalized spacial score (nSPS) is 12.3. The van der Waals surface area contributed by atoms with E-state index < -0.39 is 19.9 Å². The molecule has 0 spiro atoms. The zero-order valence-electron chi connectivity index (χ0n) is 11.7. The first-order chi connectivity index (χ1) is 8.71. The van der Waals surface area contributed by atoms with Gasteiger partial charge in [0.25, 0.3) is 5.91 Å². The Morgan fingerprint density at radius 2 is 1.79 bits per heavy atom. The largest absolute Gasteiger partial charge is 0.324 e. The van der Waals surface area contributed by atoms with Gasteiger partial charge in [-0.1, -0.05) is 43.9 Å². The monoisotopic (exact) mass is 285 g/mol. The zero-order chi connectivity index (χ0) is 14.5. The maximum atomic E-state index is 13.7. The van der Waals surface area contributed by atoms with Crippen LogP contribution in [0.1, 0.15) is 12.8 Å². The van der Waals surface area contributed by atoms with Crippen LogP contribution in [0.25, 0.3) is 0 Å². The SMILES string of the molecule is C[Si](C)(C)CCCC(F)(F)C(=O)Nc1ccccc1. The highest BCUT2D eigenvalue weighted by atomic mass is 28.3. The van der Waals surface area contributed by atoms with Crippen LogP contribution in [0.2, 0.25) is 25.7 Å². The Morgan fingerprint density at radius 1 is 1.21 bits per heavy atom. The lowest BCUT2D eigenvalue weighted by Gasteiger charge is -2.19. The lowest BCUT2D eigenvalue weighted by atomic mass is 10.2. The Hall–Kier alpha value is -1.23. The molecule has 0 atom stereocenters. The summed E-state index contributed by atoms with van der Waals surface area (Å²) in [6, 6.07) is 9.15. The number of carbonyl (C=O) groups excluding carboxylic acids is 1. The van der Waals surface area contributed by atoms with Crippen molar-refractivity contribution in [2.45, 2.75) is 44.4 Å². The van der Waals surface area contributed by atoms with E-state index >= 15 is 0 Å². The van der Waals surface area contributed by atoms with Crippen LogP contribution in [0.3, 0.4) is 0 Å². The van der Waals surface area contributed by atoms with Gasteiger partial charge in [-0.05, 0) is 18.6 Å². The van der Waals surface area contributed by atoms with Gasteiger partial charge in [0.1, 0.15) is 0 Å². The second kappa shape index (κ2) is 6.28. The number of carbonyl (C=O) groups is 1. The van der Waals surface area contributed by atoms with Crippen LogP contribution in [0.4, 0.5) is 14.5 Å². The average molecular weight is 285 g/mol. The number of nitrogens with one attached hydrogen (secondary N) is 1. The third-order valence-corrected chi connectivity index (χ3v) is 4.63. The summed E-state index contributed by atoms with van der Waals surface area (Å²) in [5.41, 5.74) is 0.400. The van der Waals surface area contributed by atoms with Gasteiger partial charge in [0.05, 0.1) is 0 Å². The topological polar surface area (TPSA) is 29.1 Å². The van der Waals surface area contributed by atoms with Crippen molar-refractivity contribution in [3.8, 4) is 0 Å². The van der Waals surface area contributed by atoms with Crippen LogP contribution in [-0.4, -0.2) is 19.9 Å². The number of anilines is 1. The summed E-state index contributed by atoms with van der Waals surface area (Å²) in [5, 5.41) is 2.25. The molecule has 1 N–H and O–H groups in total. The summed E-state index contributed by atoms with van der Waals surface area (Å²) >= 11 is 0. The molecule has 19 heavy (non-hydrogen) atoms. The predicted molar refractivity (Wildman–Crippen MR) is 77.4 cm³/mol. The van der Waals surface area contributed by atoms with Crippen LogP contribution in [0, 0.1) is 0 Å². The van der Waals surface area contributed by atoms with Crippen LogP contribution in [0.15, 0.2) is 30.3 Å². The third kappa shape index (κ3) is 5.96. The number of para-hydroxylation sites is 1. The fourth-order valence-corrected chi connectivity index (χ4v) is 2.94. The molecule has 0 fully saturated rings. The first-order valence-corrected chi connectivity index (χ1v) is 10.2. The molecule has 106 valence electrons. The highest BCUT2D eigenvalue weighted by Crippen LogP contribution is 2.25. The summed E-state index contributed by atoms with van der Waals surface area (Å²) in [6.07, 6.45) is 0.0148. The molecule has 0 heterocycles. The fraction of sp³-hybridized carbons (Fsp3) is 0.500. The molecule has 1 rings (SSSR count). The minimum atomic E-state index is -3.30. The van der Waals surface area contributed by atoms with Crippen molar-refractivity contribution in [3.05, 3.63) is 30.3 Å². The van der Waals surface area contributed by atoms with Crippen molar-refractivity contribution < 1.29 is 13.6 Å². The minimum absolute atomic E-state index is 0.379. The smallest absolute Gasteiger partial charge is 0.321 e. The molecule has 0 saturated carbocycles. The van der Waals surface area contributed by atoms with Crippen LogP contribution >= 0.6 is 0 Å². The number of amides is 1. The molecule has 5 heteroatoms. The molecule has 1 aromatic carbocycles. The highest BCUT2D eigenvalue weighted by molar-refractivity contribution is 6.76. The molecular weight excluding hydrogens is 264 g/mol. The molecule has 0 unspecified atom stereocenters. The summed E-state index contributed by atoms with van der Waals surface area (Å²) in [5.74, 6) is -4.51. The second-order valence-corrected chi connectivity index (χ2v) is 11.6. The number of halogens is 2. The molecular formula is C14H21F2NOSi. The maximum Gasteiger partial charge on any atom is 0.324 e. The van der Waals surface area contributed by atoms with E-state index in [9.17, 15) is 13.6 Å². The van der Waals surface area contributed by atoms with Crippen molar-refractivity contribution in [2.75, 3.05) is 5.32 Å². The molecule has 0 aromatic heterocycles. The summed E-state index contributed by atoms with van der Waals surface area (Å²) in [4.78, 5) is 11.5. The van der Waals surface area contributed by atoms with Crippen LogP contribution in [0.5, 0.6) is 0 Å². The number of benzene rings is 1. The molecule has 0 bridgehead atoms. The van der Waals surface area contributed by atoms with Gasteiger partial charge in [0.2, 0.25) is 0 Å². The van der Waals surface area contributed by atoms with E-state index in [4.69, 9.17) is 0 Å². The van der Waals surface area contributed by atoms with Gasteiger partial charge in [-0.3, -0.25) is 4.79 Å². The number of rotatable bonds is 6. The van der Waals surface area contributed by atoms with Gasteiger partial charge in [-0.2, -0.15) is 8.78 Å². The Bertz CT molecular complexity index is 415. The number of hydrogen-bond donors (Lipinski definition) is 1. The van der Waals surface area contributed by atoms with Crippen LogP contribution in [-0.2, 0) is 4.79 Å². The van der Waals surface area contributed by atoms with Gasteiger partial charge in [-0.15, -0.1) is 0 Å². The molecule has 0 radical (unpaired) electrons. The minimum Gasteiger partial charge on any atom is -0.321 e. The van der Waals surface area contributed by atoms with Crippen molar-refractivity contribution in [1.82, 2.24) is 0 Å². The quantitative estimate of drug-likeness (QED) is 0.772. The Kier molecular flexibility index (Phi) is 5.23. The molecule has 0 aliphatic rings. The molecule has 2 nitrogen and oxygen atoms in total. The van der Waals surface area contributed by atoms with E-state index in [1.165, 1.54) is 0 Å². The van der Waals surface area contributed by atoms with Crippen molar-refractivity contribution in [2.24, 2.45) is 0 Å². The van der Waals surface area contributed by atoms with Gasteiger partial charge in [-0.25, -0.2) is 0 Å². The second-order valence-electron chi connectivity index (χ2n) is 5.94. The van der Waals surface area contributed by atoms with Gasteiger partial charge in [0.15, 0.2) is 0 Å². The Labute approximate surface area is 114 Å². The molecule has 0 aliphatic heterocycles. The number of alkyl halides is 2. The van der Waals surface area contributed by atoms with E-state index in [1.54, 1.807) is 30.3 Å². The first kappa shape index (κ1) is 15.8. The lowest BCUT2D eigenvalue weighted by molar-refractivity contribution is -0.140. The van der Waals surface area contributed by atoms with Crippen molar-refractivity contribution in [3.63, 3.8) is 0 Å². The number of hydrogen-bond acceptors (Lipinski definition) is 1. The fourth-order valence-electron chi connectivity index (χ4n) is 1.70. The molecule has 0 aliphatic carbocycles. The summed E-state index contributed by atoms with van der Waals surface area (Å²) in [7, 11) is -1.33. The van der Waals surface area contributed by atoms with E-state index in [0.717, 1.165) is 6.04 Å². The summed E-state index contributed by atoms with van der Waals surface area (Å²) < 4.78 is 27.4. The van der Waals surface area contributed by atoms with Crippen molar-refractivity contribution in [1.29, 1.82) is 0 Å². The van der Waals surface area contributed by atoms with Gasteiger partial charge >= 0.3 is 5.92 Å². The molecule has 0 saturated heterocycles. The standard InChI is InChI=1S/C14H21F2NOSi/c1-19(2,3)11-7-10-14(15,16)13(18)17-12-8-5-4-6-9-12/h4-6,8-9H,7,10-11H2,1-3H3,(H,17,18). The van der Waals surface area contributed by atoms with Gasteiger partial charge < -0.3 is 5.32 Å².